The second-order valence-corrected chi connectivity index (χ2v) is 4.65. The zero-order chi connectivity index (χ0) is 15.5. The van der Waals surface area contributed by atoms with Crippen LogP contribution in [0.1, 0.15) is 49.4 Å². The minimum Gasteiger partial charge on any atom is -0.545 e. The number of carboxylic acid groups (broad SMARTS) is 1. The standard InChI is InChI=1S/C16H22O5/c1-2-15(17)21-12-6-4-3-5-11-20-14-9-7-13(8-10-14)16(18)19/h7-10H,2-6,11-12H2,1H3,(H,18,19)/p-1. The van der Waals surface area contributed by atoms with Crippen molar-refractivity contribution in [3.05, 3.63) is 29.8 Å². The summed E-state index contributed by atoms with van der Waals surface area (Å²) in [7, 11) is 0. The van der Waals surface area contributed by atoms with Crippen LogP contribution < -0.4 is 9.84 Å². The highest BCUT2D eigenvalue weighted by molar-refractivity contribution is 5.85. The first-order valence-electron chi connectivity index (χ1n) is 7.23. The first-order valence-corrected chi connectivity index (χ1v) is 7.23. The van der Waals surface area contributed by atoms with E-state index in [4.69, 9.17) is 9.47 Å². The van der Waals surface area contributed by atoms with Crippen LogP contribution in [0.5, 0.6) is 5.75 Å². The third kappa shape index (κ3) is 7.34. The predicted octanol–water partition coefficient (Wildman–Crippen LogP) is 1.94. The molecule has 0 N–H and O–H groups in total. The summed E-state index contributed by atoms with van der Waals surface area (Å²) in [6.07, 6.45) is 4.19. The molecule has 0 amide bonds. The van der Waals surface area contributed by atoms with Crippen molar-refractivity contribution in [2.45, 2.75) is 39.0 Å². The molecule has 0 aliphatic rings. The summed E-state index contributed by atoms with van der Waals surface area (Å²) in [6, 6.07) is 6.17. The fourth-order valence-electron chi connectivity index (χ4n) is 1.72. The number of aromatic carboxylic acids is 1. The van der Waals surface area contributed by atoms with Crippen LogP contribution in [0.4, 0.5) is 0 Å². The molecule has 0 saturated heterocycles. The number of rotatable bonds is 10. The van der Waals surface area contributed by atoms with Crippen LogP contribution in [-0.2, 0) is 9.53 Å². The number of unbranched alkanes of at least 4 members (excludes halogenated alkanes) is 3. The molecular formula is C16H21O5-. The summed E-state index contributed by atoms with van der Waals surface area (Å²) in [5.74, 6) is -0.694. The molecule has 1 rings (SSSR count). The molecule has 0 radical (unpaired) electrons. The van der Waals surface area contributed by atoms with Crippen molar-refractivity contribution in [1.82, 2.24) is 0 Å². The van der Waals surface area contributed by atoms with Gasteiger partial charge in [0.2, 0.25) is 0 Å². The summed E-state index contributed by atoms with van der Waals surface area (Å²) in [5, 5.41) is 10.6. The number of esters is 1. The third-order valence-corrected chi connectivity index (χ3v) is 2.95. The minimum absolute atomic E-state index is 0.143. The Labute approximate surface area is 124 Å². The lowest BCUT2D eigenvalue weighted by Gasteiger charge is -2.08. The number of carbonyl (C=O) groups excluding carboxylic acids is 2. The van der Waals surface area contributed by atoms with Gasteiger partial charge in [0.05, 0.1) is 19.2 Å². The molecule has 0 fully saturated rings. The highest BCUT2D eigenvalue weighted by Gasteiger charge is 1.98. The minimum atomic E-state index is -1.19. The lowest BCUT2D eigenvalue weighted by atomic mass is 10.2. The Kier molecular flexibility index (Phi) is 7.94. The van der Waals surface area contributed by atoms with Gasteiger partial charge in [0, 0.05) is 6.42 Å². The van der Waals surface area contributed by atoms with Gasteiger partial charge in [0.15, 0.2) is 0 Å². The number of hydrogen-bond donors (Lipinski definition) is 0. The number of hydrogen-bond acceptors (Lipinski definition) is 5. The molecule has 5 nitrogen and oxygen atoms in total. The number of ether oxygens (including phenoxy) is 2. The van der Waals surface area contributed by atoms with E-state index in [0.29, 0.717) is 25.4 Å². The summed E-state index contributed by atoms with van der Waals surface area (Å²) < 4.78 is 10.5. The van der Waals surface area contributed by atoms with Crippen molar-refractivity contribution < 1.29 is 24.2 Å². The molecule has 0 spiro atoms. The van der Waals surface area contributed by atoms with Crippen LogP contribution in [0.15, 0.2) is 24.3 Å². The molecule has 5 heteroatoms. The molecule has 0 unspecified atom stereocenters. The molecule has 0 heterocycles. The lowest BCUT2D eigenvalue weighted by Crippen LogP contribution is -2.21. The van der Waals surface area contributed by atoms with Crippen LogP contribution in [-0.4, -0.2) is 25.2 Å². The monoisotopic (exact) mass is 293 g/mol. The summed E-state index contributed by atoms with van der Waals surface area (Å²) in [4.78, 5) is 21.5. The Morgan fingerprint density at radius 3 is 2.19 bits per heavy atom. The van der Waals surface area contributed by atoms with Gasteiger partial charge < -0.3 is 19.4 Å². The van der Waals surface area contributed by atoms with Crippen molar-refractivity contribution in [2.24, 2.45) is 0 Å². The molecule has 0 aliphatic carbocycles. The van der Waals surface area contributed by atoms with Gasteiger partial charge in [-0.3, -0.25) is 4.79 Å². The average Bonchev–Trinajstić information content (AvgIpc) is 2.50. The van der Waals surface area contributed by atoms with Gasteiger partial charge in [-0.2, -0.15) is 0 Å². The Bertz CT molecular complexity index is 438. The zero-order valence-electron chi connectivity index (χ0n) is 12.3. The first-order chi connectivity index (χ1) is 10.1. The molecule has 0 atom stereocenters. The Hall–Kier alpha value is -2.04. The Balaban J connectivity index is 2.04. The number of carboxylic acids is 1. The largest absolute Gasteiger partial charge is 0.545 e. The van der Waals surface area contributed by atoms with Crippen LogP contribution in [0, 0.1) is 0 Å². The topological polar surface area (TPSA) is 75.7 Å². The van der Waals surface area contributed by atoms with Gasteiger partial charge in [0.25, 0.3) is 0 Å². The van der Waals surface area contributed by atoms with E-state index in [-0.39, 0.29) is 11.5 Å². The normalized spacial score (nSPS) is 10.1. The van der Waals surface area contributed by atoms with Gasteiger partial charge >= 0.3 is 5.97 Å². The maximum Gasteiger partial charge on any atom is 0.305 e. The molecule has 1 aromatic rings. The van der Waals surface area contributed by atoms with Gasteiger partial charge in [-0.15, -0.1) is 0 Å². The average molecular weight is 293 g/mol. The summed E-state index contributed by atoms with van der Waals surface area (Å²) in [5.41, 5.74) is 0.143. The fraction of sp³-hybridized carbons (Fsp3) is 0.500. The third-order valence-electron chi connectivity index (χ3n) is 2.95. The van der Waals surface area contributed by atoms with Crippen molar-refractivity contribution in [2.75, 3.05) is 13.2 Å². The molecule has 0 bridgehead atoms. The van der Waals surface area contributed by atoms with Crippen LogP contribution in [0.25, 0.3) is 0 Å². The van der Waals surface area contributed by atoms with Gasteiger partial charge in [-0.05, 0) is 55.5 Å². The molecule has 116 valence electrons. The Morgan fingerprint density at radius 1 is 1.00 bits per heavy atom. The molecular weight excluding hydrogens is 272 g/mol. The summed E-state index contributed by atoms with van der Waals surface area (Å²) in [6.45, 7) is 2.84. The van der Waals surface area contributed by atoms with E-state index in [2.05, 4.69) is 0 Å². The number of benzene rings is 1. The van der Waals surface area contributed by atoms with Crippen molar-refractivity contribution in [3.8, 4) is 5.75 Å². The molecule has 0 saturated carbocycles. The van der Waals surface area contributed by atoms with Crippen molar-refractivity contribution >= 4 is 11.9 Å². The first kappa shape index (κ1) is 17.0. The number of carbonyl (C=O) groups is 2. The molecule has 21 heavy (non-hydrogen) atoms. The maximum atomic E-state index is 10.9. The quantitative estimate of drug-likeness (QED) is 0.487. The van der Waals surface area contributed by atoms with E-state index in [9.17, 15) is 14.7 Å². The van der Waals surface area contributed by atoms with E-state index in [1.54, 1.807) is 19.1 Å². The summed E-state index contributed by atoms with van der Waals surface area (Å²) >= 11 is 0. The van der Waals surface area contributed by atoms with Crippen LogP contribution >= 0.6 is 0 Å². The second-order valence-electron chi connectivity index (χ2n) is 4.65. The highest BCUT2D eigenvalue weighted by Crippen LogP contribution is 2.12. The zero-order valence-corrected chi connectivity index (χ0v) is 12.3. The van der Waals surface area contributed by atoms with E-state index in [0.717, 1.165) is 25.7 Å². The van der Waals surface area contributed by atoms with Gasteiger partial charge in [0.1, 0.15) is 5.75 Å². The molecule has 0 aromatic heterocycles. The van der Waals surface area contributed by atoms with E-state index < -0.39 is 5.97 Å². The SMILES string of the molecule is CCC(=O)OCCCCCCOc1ccc(C(=O)[O-])cc1. The van der Waals surface area contributed by atoms with Gasteiger partial charge in [-0.25, -0.2) is 0 Å². The van der Waals surface area contributed by atoms with E-state index in [1.165, 1.54) is 12.1 Å². The van der Waals surface area contributed by atoms with Gasteiger partial charge in [-0.1, -0.05) is 6.92 Å². The second kappa shape index (κ2) is 9.80. The lowest BCUT2D eigenvalue weighted by molar-refractivity contribution is -0.255. The Morgan fingerprint density at radius 2 is 1.62 bits per heavy atom. The smallest absolute Gasteiger partial charge is 0.305 e. The van der Waals surface area contributed by atoms with Crippen molar-refractivity contribution in [3.63, 3.8) is 0 Å². The predicted molar refractivity (Wildman–Crippen MR) is 76.0 cm³/mol. The molecule has 1 aromatic carbocycles. The van der Waals surface area contributed by atoms with Crippen LogP contribution in [0.2, 0.25) is 0 Å². The fourth-order valence-corrected chi connectivity index (χ4v) is 1.72. The molecule has 0 aliphatic heterocycles. The van der Waals surface area contributed by atoms with Crippen LogP contribution in [0.3, 0.4) is 0 Å². The van der Waals surface area contributed by atoms with E-state index >= 15 is 0 Å². The van der Waals surface area contributed by atoms with E-state index in [1.807, 2.05) is 0 Å². The highest BCUT2D eigenvalue weighted by atomic mass is 16.5. The maximum absolute atomic E-state index is 10.9. The van der Waals surface area contributed by atoms with Crippen molar-refractivity contribution in [1.29, 1.82) is 0 Å².